The lowest BCUT2D eigenvalue weighted by molar-refractivity contribution is -0.300. The Morgan fingerprint density at radius 1 is 1.33 bits per heavy atom. The van der Waals surface area contributed by atoms with Gasteiger partial charge in [-0.1, -0.05) is 0 Å². The molecule has 0 aliphatic rings. The Kier molecular flexibility index (Phi) is 4.09. The highest BCUT2D eigenvalue weighted by Gasteiger charge is 2.18. The Morgan fingerprint density at radius 2 is 1.83 bits per heavy atom. The van der Waals surface area contributed by atoms with Gasteiger partial charge in [-0.05, 0) is 0 Å². The van der Waals surface area contributed by atoms with Crippen LogP contribution in [-0.2, 0) is 14.4 Å². The quantitative estimate of drug-likeness (QED) is 0.421. The Balaban J connectivity index is 4.01. The number of hydrogen-bond donors (Lipinski definition) is 2. The van der Waals surface area contributed by atoms with E-state index >= 15 is 0 Å². The number of aliphatic carboxylic acids is 1. The molecule has 0 aromatic carbocycles. The average Bonchev–Trinajstić information content (AvgIpc) is 2.02. The summed E-state index contributed by atoms with van der Waals surface area (Å²) in [6, 6.07) is 0. The predicted octanol–water partition coefficient (Wildman–Crippen LogP) is -3.38. The smallest absolute Gasteiger partial charge is 0.186 e. The zero-order valence-electron chi connectivity index (χ0n) is 6.02. The standard InChI is InChI=1S/C6H8O6/c7-2-5(10)3(8)1-4(9)6(11)12/h3,7-8H,1-2H2,(H,11,12)/p-1/t3-/m0/s1. The number of Topliss-reactive ketones (excluding diaryl/α,β-unsaturated/α-hetero) is 2. The van der Waals surface area contributed by atoms with Gasteiger partial charge in [0.1, 0.15) is 18.7 Å². The second kappa shape index (κ2) is 4.58. The normalized spacial score (nSPS) is 12.2. The summed E-state index contributed by atoms with van der Waals surface area (Å²) in [7, 11) is 0. The number of carboxylic acid groups (broad SMARTS) is 1. The van der Waals surface area contributed by atoms with Crippen LogP contribution in [0.4, 0.5) is 0 Å². The van der Waals surface area contributed by atoms with E-state index in [-0.39, 0.29) is 0 Å². The lowest BCUT2D eigenvalue weighted by atomic mass is 10.1. The molecule has 0 saturated heterocycles. The maximum absolute atomic E-state index is 10.4. The first-order valence-corrected chi connectivity index (χ1v) is 3.04. The van der Waals surface area contributed by atoms with Crippen molar-refractivity contribution in [3.8, 4) is 0 Å². The van der Waals surface area contributed by atoms with Crippen molar-refractivity contribution in [1.82, 2.24) is 0 Å². The molecule has 0 aromatic heterocycles. The van der Waals surface area contributed by atoms with Crippen LogP contribution in [0.3, 0.4) is 0 Å². The van der Waals surface area contributed by atoms with Gasteiger partial charge in [-0.15, -0.1) is 0 Å². The van der Waals surface area contributed by atoms with Crippen LogP contribution in [0.15, 0.2) is 0 Å². The van der Waals surface area contributed by atoms with Gasteiger partial charge in [-0.3, -0.25) is 9.59 Å². The molecule has 0 spiro atoms. The number of carboxylic acids is 1. The van der Waals surface area contributed by atoms with Gasteiger partial charge in [0.05, 0.1) is 0 Å². The molecule has 12 heavy (non-hydrogen) atoms. The second-order valence-electron chi connectivity index (χ2n) is 2.05. The number of carbonyl (C=O) groups excluding carboxylic acids is 3. The topological polar surface area (TPSA) is 115 Å². The molecular formula is C6H7O6-. The molecule has 6 nitrogen and oxygen atoms in total. The van der Waals surface area contributed by atoms with Gasteiger partial charge in [0.15, 0.2) is 11.6 Å². The summed E-state index contributed by atoms with van der Waals surface area (Å²) in [6.07, 6.45) is -2.62. The summed E-state index contributed by atoms with van der Waals surface area (Å²) < 4.78 is 0. The van der Waals surface area contributed by atoms with Crippen LogP contribution in [0.25, 0.3) is 0 Å². The molecule has 0 heterocycles. The van der Waals surface area contributed by atoms with Crippen molar-refractivity contribution in [3.63, 3.8) is 0 Å². The highest BCUT2D eigenvalue weighted by molar-refractivity contribution is 6.32. The monoisotopic (exact) mass is 175 g/mol. The zero-order valence-corrected chi connectivity index (χ0v) is 6.02. The van der Waals surface area contributed by atoms with E-state index in [1.54, 1.807) is 0 Å². The van der Waals surface area contributed by atoms with Crippen molar-refractivity contribution in [2.75, 3.05) is 6.61 Å². The van der Waals surface area contributed by atoms with Gasteiger partial charge in [-0.25, -0.2) is 0 Å². The Labute approximate surface area is 67.4 Å². The molecule has 2 N–H and O–H groups in total. The fourth-order valence-corrected chi connectivity index (χ4v) is 0.478. The Bertz CT molecular complexity index is 208. The van der Waals surface area contributed by atoms with E-state index < -0.39 is 36.7 Å². The summed E-state index contributed by atoms with van der Waals surface area (Å²) >= 11 is 0. The van der Waals surface area contributed by atoms with Crippen molar-refractivity contribution in [2.24, 2.45) is 0 Å². The van der Waals surface area contributed by atoms with Crippen molar-refractivity contribution in [2.45, 2.75) is 12.5 Å². The summed E-state index contributed by atoms with van der Waals surface area (Å²) in [5.74, 6) is -4.33. The second-order valence-corrected chi connectivity index (χ2v) is 2.05. The van der Waals surface area contributed by atoms with Crippen LogP contribution in [0, 0.1) is 0 Å². The number of rotatable bonds is 5. The van der Waals surface area contributed by atoms with Crippen LogP contribution in [-0.4, -0.2) is 40.5 Å². The minimum absolute atomic E-state index is 0.859. The Hall–Kier alpha value is -1.27. The predicted molar refractivity (Wildman–Crippen MR) is 32.7 cm³/mol. The molecular weight excluding hydrogens is 168 g/mol. The van der Waals surface area contributed by atoms with Gasteiger partial charge < -0.3 is 20.1 Å². The molecule has 0 radical (unpaired) electrons. The van der Waals surface area contributed by atoms with E-state index in [0.717, 1.165) is 0 Å². The third-order valence-corrected chi connectivity index (χ3v) is 1.13. The summed E-state index contributed by atoms with van der Waals surface area (Å²) in [5.41, 5.74) is 0. The van der Waals surface area contributed by atoms with Crippen molar-refractivity contribution >= 4 is 17.5 Å². The molecule has 68 valence electrons. The number of ketones is 2. The van der Waals surface area contributed by atoms with Gasteiger partial charge in [0, 0.05) is 6.42 Å². The highest BCUT2D eigenvalue weighted by atomic mass is 16.4. The molecule has 0 saturated carbocycles. The Morgan fingerprint density at radius 3 is 2.17 bits per heavy atom. The first-order valence-electron chi connectivity index (χ1n) is 3.04. The lowest BCUT2D eigenvalue weighted by Crippen LogP contribution is -2.36. The fraction of sp³-hybridized carbons (Fsp3) is 0.500. The molecule has 0 rings (SSSR count). The van der Waals surface area contributed by atoms with Gasteiger partial charge in [-0.2, -0.15) is 0 Å². The van der Waals surface area contributed by atoms with Crippen LogP contribution >= 0.6 is 0 Å². The van der Waals surface area contributed by atoms with Gasteiger partial charge in [0.25, 0.3) is 0 Å². The van der Waals surface area contributed by atoms with Crippen molar-refractivity contribution < 1.29 is 29.7 Å². The first kappa shape index (κ1) is 10.7. The van der Waals surface area contributed by atoms with Crippen LogP contribution in [0.2, 0.25) is 0 Å². The maximum Gasteiger partial charge on any atom is 0.186 e. The van der Waals surface area contributed by atoms with Crippen LogP contribution < -0.4 is 5.11 Å². The molecule has 0 unspecified atom stereocenters. The van der Waals surface area contributed by atoms with Gasteiger partial charge in [0.2, 0.25) is 0 Å². The summed E-state index contributed by atoms with van der Waals surface area (Å²) in [4.78, 5) is 30.5. The lowest BCUT2D eigenvalue weighted by Gasteiger charge is -2.06. The third kappa shape index (κ3) is 3.22. The highest BCUT2D eigenvalue weighted by Crippen LogP contribution is 1.93. The minimum atomic E-state index is -1.96. The van der Waals surface area contributed by atoms with Crippen LogP contribution in [0.1, 0.15) is 6.42 Å². The molecule has 1 atom stereocenters. The van der Waals surface area contributed by atoms with Crippen molar-refractivity contribution in [3.05, 3.63) is 0 Å². The van der Waals surface area contributed by atoms with E-state index in [0.29, 0.717) is 0 Å². The molecule has 0 aliphatic carbocycles. The molecule has 0 aromatic rings. The SMILES string of the molecule is O=C([O-])C(=O)C[C@H](O)C(=O)CO. The number of aliphatic hydroxyl groups is 2. The third-order valence-electron chi connectivity index (χ3n) is 1.13. The van der Waals surface area contributed by atoms with Crippen molar-refractivity contribution in [1.29, 1.82) is 0 Å². The maximum atomic E-state index is 10.4. The zero-order chi connectivity index (χ0) is 9.72. The average molecular weight is 175 g/mol. The van der Waals surface area contributed by atoms with Crippen LogP contribution in [0.5, 0.6) is 0 Å². The van der Waals surface area contributed by atoms with E-state index in [2.05, 4.69) is 0 Å². The number of carbonyl (C=O) groups is 3. The first-order chi connectivity index (χ1) is 5.49. The minimum Gasteiger partial charge on any atom is -0.542 e. The largest absolute Gasteiger partial charge is 0.542 e. The number of aliphatic hydroxyl groups excluding tert-OH is 2. The molecule has 0 bridgehead atoms. The van der Waals surface area contributed by atoms with Gasteiger partial charge >= 0.3 is 0 Å². The fourth-order valence-electron chi connectivity index (χ4n) is 0.478. The van der Waals surface area contributed by atoms with E-state index in [1.807, 2.05) is 0 Å². The molecule has 0 fully saturated rings. The van der Waals surface area contributed by atoms with E-state index in [4.69, 9.17) is 10.2 Å². The molecule has 0 amide bonds. The summed E-state index contributed by atoms with van der Waals surface area (Å²) in [5, 5.41) is 26.7. The van der Waals surface area contributed by atoms with E-state index in [9.17, 15) is 19.5 Å². The van der Waals surface area contributed by atoms with E-state index in [1.165, 1.54) is 0 Å². The summed E-state index contributed by atoms with van der Waals surface area (Å²) in [6.45, 7) is -0.929. The molecule has 6 heteroatoms. The number of hydrogen-bond acceptors (Lipinski definition) is 6. The molecule has 0 aliphatic heterocycles.